The Kier molecular flexibility index (Phi) is 4.40. The Hall–Kier alpha value is -1.76. The van der Waals surface area contributed by atoms with E-state index < -0.39 is 0 Å². The van der Waals surface area contributed by atoms with E-state index in [0.29, 0.717) is 5.92 Å². The maximum atomic E-state index is 3.56. The quantitative estimate of drug-likeness (QED) is 0.789. The third kappa shape index (κ3) is 3.13. The van der Waals surface area contributed by atoms with Gasteiger partial charge in [0.05, 0.1) is 0 Å². The van der Waals surface area contributed by atoms with Crippen molar-refractivity contribution in [2.24, 2.45) is 5.92 Å². The van der Waals surface area contributed by atoms with Gasteiger partial charge >= 0.3 is 0 Å². The fourth-order valence-corrected chi connectivity index (χ4v) is 1.94. The third-order valence-electron chi connectivity index (χ3n) is 3.35. The van der Waals surface area contributed by atoms with Crippen LogP contribution in [0.4, 0.5) is 5.69 Å². The summed E-state index contributed by atoms with van der Waals surface area (Å²) in [5.74, 6) is 0.703. The molecule has 0 aliphatic rings. The van der Waals surface area contributed by atoms with Crippen molar-refractivity contribution in [3.05, 3.63) is 54.6 Å². The van der Waals surface area contributed by atoms with Gasteiger partial charge in [0.25, 0.3) is 0 Å². The molecule has 1 unspecified atom stereocenters. The van der Waals surface area contributed by atoms with Crippen LogP contribution in [0.5, 0.6) is 0 Å². The van der Waals surface area contributed by atoms with E-state index >= 15 is 0 Å². The van der Waals surface area contributed by atoms with Crippen LogP contribution in [0, 0.1) is 5.92 Å². The normalized spacial score (nSPS) is 12.1. The van der Waals surface area contributed by atoms with Crippen LogP contribution in [0.15, 0.2) is 54.6 Å². The number of hydrogen-bond donors (Lipinski definition) is 1. The number of hydrogen-bond acceptors (Lipinski definition) is 1. The Labute approximate surface area is 110 Å². The van der Waals surface area contributed by atoms with Crippen molar-refractivity contribution in [2.75, 3.05) is 11.9 Å². The first-order valence-corrected chi connectivity index (χ1v) is 6.69. The molecule has 1 heteroatoms. The van der Waals surface area contributed by atoms with Crippen LogP contribution in [0.2, 0.25) is 0 Å². The van der Waals surface area contributed by atoms with Gasteiger partial charge in [0.2, 0.25) is 0 Å². The average molecular weight is 239 g/mol. The van der Waals surface area contributed by atoms with Gasteiger partial charge in [-0.2, -0.15) is 0 Å². The minimum atomic E-state index is 0.703. The first-order valence-electron chi connectivity index (χ1n) is 6.69. The fraction of sp³-hybridized carbons (Fsp3) is 0.294. The fourth-order valence-electron chi connectivity index (χ4n) is 1.94. The Balaban J connectivity index is 2.21. The molecule has 0 aliphatic heterocycles. The highest BCUT2D eigenvalue weighted by Crippen LogP contribution is 2.27. The minimum Gasteiger partial charge on any atom is -0.384 e. The molecule has 94 valence electrons. The molecule has 0 radical (unpaired) electrons. The van der Waals surface area contributed by atoms with E-state index in [1.807, 2.05) is 0 Å². The van der Waals surface area contributed by atoms with Crippen molar-refractivity contribution < 1.29 is 0 Å². The second-order valence-electron chi connectivity index (χ2n) is 4.81. The molecular weight excluding hydrogens is 218 g/mol. The second-order valence-corrected chi connectivity index (χ2v) is 4.81. The lowest BCUT2D eigenvalue weighted by Gasteiger charge is -2.15. The van der Waals surface area contributed by atoms with E-state index in [0.717, 1.165) is 6.54 Å². The van der Waals surface area contributed by atoms with Crippen molar-refractivity contribution in [1.82, 2.24) is 0 Å². The Morgan fingerprint density at radius 3 is 2.33 bits per heavy atom. The summed E-state index contributed by atoms with van der Waals surface area (Å²) in [6, 6.07) is 19.1. The van der Waals surface area contributed by atoms with Gasteiger partial charge in [-0.15, -0.1) is 0 Å². The van der Waals surface area contributed by atoms with E-state index in [4.69, 9.17) is 0 Å². The number of nitrogens with one attached hydrogen (secondary N) is 1. The molecule has 0 heterocycles. The van der Waals surface area contributed by atoms with Crippen LogP contribution < -0.4 is 5.32 Å². The standard InChI is InChI=1S/C17H21N/c1-3-14(2)13-18-17-12-8-7-11-16(17)15-9-5-4-6-10-15/h4-12,14,18H,3,13H2,1-2H3. The van der Waals surface area contributed by atoms with Crippen molar-refractivity contribution in [3.63, 3.8) is 0 Å². The maximum absolute atomic E-state index is 3.56. The van der Waals surface area contributed by atoms with Gasteiger partial charge in [-0.25, -0.2) is 0 Å². The summed E-state index contributed by atoms with van der Waals surface area (Å²) in [5, 5.41) is 3.56. The summed E-state index contributed by atoms with van der Waals surface area (Å²) in [6.45, 7) is 5.54. The van der Waals surface area contributed by atoms with Crippen molar-refractivity contribution >= 4 is 5.69 Å². The Morgan fingerprint density at radius 1 is 0.944 bits per heavy atom. The van der Waals surface area contributed by atoms with E-state index in [-0.39, 0.29) is 0 Å². The molecule has 18 heavy (non-hydrogen) atoms. The molecule has 1 N–H and O–H groups in total. The van der Waals surface area contributed by atoms with Gasteiger partial charge in [0.15, 0.2) is 0 Å². The van der Waals surface area contributed by atoms with E-state index in [2.05, 4.69) is 73.8 Å². The lowest BCUT2D eigenvalue weighted by Crippen LogP contribution is -2.10. The van der Waals surface area contributed by atoms with Crippen LogP contribution in [-0.4, -0.2) is 6.54 Å². The zero-order chi connectivity index (χ0) is 12.8. The van der Waals surface area contributed by atoms with Gasteiger partial charge in [-0.3, -0.25) is 0 Å². The topological polar surface area (TPSA) is 12.0 Å². The Morgan fingerprint density at radius 2 is 1.61 bits per heavy atom. The molecule has 1 atom stereocenters. The third-order valence-corrected chi connectivity index (χ3v) is 3.35. The summed E-state index contributed by atoms with van der Waals surface area (Å²) in [6.07, 6.45) is 1.21. The molecule has 1 nitrogen and oxygen atoms in total. The van der Waals surface area contributed by atoms with E-state index in [1.54, 1.807) is 0 Å². The largest absolute Gasteiger partial charge is 0.384 e. The van der Waals surface area contributed by atoms with Crippen molar-refractivity contribution in [2.45, 2.75) is 20.3 Å². The SMILES string of the molecule is CCC(C)CNc1ccccc1-c1ccccc1. The lowest BCUT2D eigenvalue weighted by atomic mass is 10.0. The highest BCUT2D eigenvalue weighted by atomic mass is 14.9. The van der Waals surface area contributed by atoms with Crippen LogP contribution >= 0.6 is 0 Å². The van der Waals surface area contributed by atoms with Crippen LogP contribution in [0.3, 0.4) is 0 Å². The molecular formula is C17H21N. The molecule has 2 rings (SSSR count). The highest BCUT2D eigenvalue weighted by molar-refractivity contribution is 5.77. The molecule has 0 aliphatic carbocycles. The molecule has 0 spiro atoms. The summed E-state index contributed by atoms with van der Waals surface area (Å²) in [5.41, 5.74) is 3.77. The van der Waals surface area contributed by atoms with Crippen LogP contribution in [0.25, 0.3) is 11.1 Å². The van der Waals surface area contributed by atoms with Gasteiger partial charge in [-0.05, 0) is 17.5 Å². The zero-order valence-corrected chi connectivity index (χ0v) is 11.2. The zero-order valence-electron chi connectivity index (χ0n) is 11.2. The highest BCUT2D eigenvalue weighted by Gasteiger charge is 2.04. The smallest absolute Gasteiger partial charge is 0.0419 e. The average Bonchev–Trinajstić information content (AvgIpc) is 2.46. The molecule has 0 bridgehead atoms. The number of benzene rings is 2. The van der Waals surface area contributed by atoms with E-state index in [9.17, 15) is 0 Å². The Bertz CT molecular complexity index is 476. The lowest BCUT2D eigenvalue weighted by molar-refractivity contribution is 0.593. The van der Waals surface area contributed by atoms with Crippen molar-refractivity contribution in [1.29, 1.82) is 0 Å². The summed E-state index contributed by atoms with van der Waals surface area (Å²) < 4.78 is 0. The first kappa shape index (κ1) is 12.7. The van der Waals surface area contributed by atoms with Gasteiger partial charge in [-0.1, -0.05) is 68.8 Å². The number of para-hydroxylation sites is 1. The summed E-state index contributed by atoms with van der Waals surface area (Å²) in [7, 11) is 0. The molecule has 2 aromatic rings. The number of rotatable bonds is 5. The predicted molar refractivity (Wildman–Crippen MR) is 79.8 cm³/mol. The summed E-state index contributed by atoms with van der Waals surface area (Å²) in [4.78, 5) is 0. The predicted octanol–water partition coefficient (Wildman–Crippen LogP) is 4.81. The van der Waals surface area contributed by atoms with E-state index in [1.165, 1.54) is 23.2 Å². The van der Waals surface area contributed by atoms with Gasteiger partial charge < -0.3 is 5.32 Å². The monoisotopic (exact) mass is 239 g/mol. The van der Waals surface area contributed by atoms with Crippen LogP contribution in [-0.2, 0) is 0 Å². The molecule has 0 aromatic heterocycles. The van der Waals surface area contributed by atoms with Crippen molar-refractivity contribution in [3.8, 4) is 11.1 Å². The molecule has 0 saturated heterocycles. The maximum Gasteiger partial charge on any atom is 0.0419 e. The molecule has 0 fully saturated rings. The second kappa shape index (κ2) is 6.25. The molecule has 0 saturated carbocycles. The minimum absolute atomic E-state index is 0.703. The molecule has 0 amide bonds. The summed E-state index contributed by atoms with van der Waals surface area (Å²) >= 11 is 0. The first-order chi connectivity index (χ1) is 8.81. The van der Waals surface area contributed by atoms with Gasteiger partial charge in [0, 0.05) is 17.8 Å². The molecule has 2 aromatic carbocycles. The number of anilines is 1. The van der Waals surface area contributed by atoms with Gasteiger partial charge in [0.1, 0.15) is 0 Å². The van der Waals surface area contributed by atoms with Crippen LogP contribution in [0.1, 0.15) is 20.3 Å².